The van der Waals surface area contributed by atoms with Crippen molar-refractivity contribution < 1.29 is 0 Å². The smallest absolute Gasteiger partial charge is 0.188 e. The average Bonchev–Trinajstić information content (AvgIpc) is 2.54. The molecule has 0 aliphatic rings. The van der Waals surface area contributed by atoms with Crippen molar-refractivity contribution in [2.24, 2.45) is 10.7 Å². The second kappa shape index (κ2) is 8.23. The van der Waals surface area contributed by atoms with E-state index in [-0.39, 0.29) is 0 Å². The lowest BCUT2D eigenvalue weighted by molar-refractivity contribution is 0.762. The zero-order valence-corrected chi connectivity index (χ0v) is 13.4. The number of guanidine groups is 1. The third-order valence-corrected chi connectivity index (χ3v) is 3.74. The summed E-state index contributed by atoms with van der Waals surface area (Å²) in [6.45, 7) is 5.78. The van der Waals surface area contributed by atoms with E-state index in [0.717, 1.165) is 13.0 Å². The van der Waals surface area contributed by atoms with Crippen LogP contribution in [-0.4, -0.2) is 19.0 Å². The van der Waals surface area contributed by atoms with Gasteiger partial charge in [-0.2, -0.15) is 0 Å². The first-order chi connectivity index (χ1) is 10.6. The van der Waals surface area contributed by atoms with Gasteiger partial charge in [0, 0.05) is 19.0 Å². The summed E-state index contributed by atoms with van der Waals surface area (Å²) < 4.78 is 0. The molecule has 0 saturated carbocycles. The lowest BCUT2D eigenvalue weighted by Crippen LogP contribution is -2.33. The Hall–Kier alpha value is -2.29. The van der Waals surface area contributed by atoms with E-state index in [4.69, 9.17) is 5.73 Å². The molecule has 2 rings (SSSR count). The molecule has 3 heteroatoms. The molecule has 22 heavy (non-hydrogen) atoms. The Balaban J connectivity index is 1.76. The van der Waals surface area contributed by atoms with Crippen LogP contribution in [0.1, 0.15) is 29.5 Å². The van der Waals surface area contributed by atoms with E-state index in [1.807, 2.05) is 6.07 Å². The summed E-state index contributed by atoms with van der Waals surface area (Å²) in [6, 6.07) is 19.0. The van der Waals surface area contributed by atoms with Gasteiger partial charge in [0.05, 0.1) is 0 Å². The molecule has 0 radical (unpaired) electrons. The minimum Gasteiger partial charge on any atom is -0.370 e. The van der Waals surface area contributed by atoms with Crippen LogP contribution in [0, 0.1) is 6.92 Å². The lowest BCUT2D eigenvalue weighted by atomic mass is 10.0. The van der Waals surface area contributed by atoms with E-state index < -0.39 is 0 Å². The van der Waals surface area contributed by atoms with Crippen molar-refractivity contribution in [3.63, 3.8) is 0 Å². The summed E-state index contributed by atoms with van der Waals surface area (Å²) in [4.78, 5) is 4.44. The first-order valence-electron chi connectivity index (χ1n) is 7.79. The third-order valence-electron chi connectivity index (χ3n) is 3.74. The topological polar surface area (TPSA) is 50.4 Å². The predicted octanol–water partition coefficient (Wildman–Crippen LogP) is 3.25. The van der Waals surface area contributed by atoms with Crippen LogP contribution in [0.25, 0.3) is 0 Å². The maximum Gasteiger partial charge on any atom is 0.188 e. The van der Waals surface area contributed by atoms with E-state index in [1.165, 1.54) is 16.7 Å². The van der Waals surface area contributed by atoms with Gasteiger partial charge in [-0.25, -0.2) is 0 Å². The van der Waals surface area contributed by atoms with Crippen molar-refractivity contribution in [1.29, 1.82) is 0 Å². The standard InChI is InChI=1S/C19H25N3/c1-15-8-10-18(11-9-15)16(2)14-22-19(20)21-13-12-17-6-4-3-5-7-17/h3-11,16H,12-14H2,1-2H3,(H3,20,21,22). The number of aliphatic imine (C=N–C) groups is 1. The van der Waals surface area contributed by atoms with Crippen LogP contribution in [0.4, 0.5) is 0 Å². The van der Waals surface area contributed by atoms with Crippen LogP contribution >= 0.6 is 0 Å². The van der Waals surface area contributed by atoms with Crippen LogP contribution in [-0.2, 0) is 6.42 Å². The molecule has 0 saturated heterocycles. The second-order valence-corrected chi connectivity index (χ2v) is 5.70. The molecule has 3 nitrogen and oxygen atoms in total. The summed E-state index contributed by atoms with van der Waals surface area (Å²) in [5, 5.41) is 3.17. The molecule has 0 aliphatic heterocycles. The molecular formula is C19H25N3. The highest BCUT2D eigenvalue weighted by Crippen LogP contribution is 2.15. The normalized spacial score (nSPS) is 12.9. The Morgan fingerprint density at radius 3 is 2.45 bits per heavy atom. The van der Waals surface area contributed by atoms with Gasteiger partial charge in [-0.15, -0.1) is 0 Å². The zero-order valence-electron chi connectivity index (χ0n) is 13.4. The summed E-state index contributed by atoms with van der Waals surface area (Å²) in [7, 11) is 0. The van der Waals surface area contributed by atoms with E-state index in [0.29, 0.717) is 18.4 Å². The van der Waals surface area contributed by atoms with Crippen molar-refractivity contribution >= 4 is 5.96 Å². The van der Waals surface area contributed by atoms with Gasteiger partial charge >= 0.3 is 0 Å². The van der Waals surface area contributed by atoms with Gasteiger partial charge in [-0.05, 0) is 24.5 Å². The average molecular weight is 295 g/mol. The fourth-order valence-electron chi connectivity index (χ4n) is 2.27. The van der Waals surface area contributed by atoms with Gasteiger partial charge in [0.1, 0.15) is 0 Å². The van der Waals surface area contributed by atoms with Crippen molar-refractivity contribution in [3.05, 3.63) is 71.3 Å². The number of nitrogens with zero attached hydrogens (tertiary/aromatic N) is 1. The largest absolute Gasteiger partial charge is 0.370 e. The zero-order chi connectivity index (χ0) is 15.8. The third kappa shape index (κ3) is 5.24. The van der Waals surface area contributed by atoms with Gasteiger partial charge in [-0.1, -0.05) is 67.1 Å². The minimum atomic E-state index is 0.370. The SMILES string of the molecule is Cc1ccc(C(C)CN=C(N)NCCc2ccccc2)cc1. The number of benzene rings is 2. The van der Waals surface area contributed by atoms with Gasteiger partial charge in [0.25, 0.3) is 0 Å². The quantitative estimate of drug-likeness (QED) is 0.635. The number of aryl methyl sites for hydroxylation is 1. The van der Waals surface area contributed by atoms with Gasteiger partial charge in [0.2, 0.25) is 0 Å². The van der Waals surface area contributed by atoms with E-state index in [9.17, 15) is 0 Å². The van der Waals surface area contributed by atoms with E-state index >= 15 is 0 Å². The molecule has 1 atom stereocenters. The Morgan fingerprint density at radius 2 is 1.77 bits per heavy atom. The Kier molecular flexibility index (Phi) is 6.01. The Morgan fingerprint density at radius 1 is 1.09 bits per heavy atom. The summed E-state index contributed by atoms with van der Waals surface area (Å²) in [5.74, 6) is 0.893. The minimum absolute atomic E-state index is 0.370. The van der Waals surface area contributed by atoms with Crippen LogP contribution in [0.2, 0.25) is 0 Å². The molecule has 0 bridgehead atoms. The van der Waals surface area contributed by atoms with Crippen molar-refractivity contribution in [1.82, 2.24) is 5.32 Å². The summed E-state index contributed by atoms with van der Waals surface area (Å²) in [5.41, 5.74) is 9.81. The first-order valence-corrected chi connectivity index (χ1v) is 7.79. The molecule has 2 aromatic carbocycles. The van der Waals surface area contributed by atoms with Crippen molar-refractivity contribution in [2.45, 2.75) is 26.2 Å². The Labute approximate surface area is 133 Å². The van der Waals surface area contributed by atoms with Gasteiger partial charge in [-0.3, -0.25) is 4.99 Å². The summed E-state index contributed by atoms with van der Waals surface area (Å²) in [6.07, 6.45) is 0.949. The van der Waals surface area contributed by atoms with Crippen molar-refractivity contribution in [3.8, 4) is 0 Å². The fourth-order valence-corrected chi connectivity index (χ4v) is 2.27. The first kappa shape index (κ1) is 16.1. The number of nitrogens with two attached hydrogens (primary N) is 1. The number of hydrogen-bond acceptors (Lipinski definition) is 1. The molecule has 1 unspecified atom stereocenters. The summed E-state index contributed by atoms with van der Waals surface area (Å²) >= 11 is 0. The lowest BCUT2D eigenvalue weighted by Gasteiger charge is -2.11. The number of nitrogens with one attached hydrogen (secondary N) is 1. The van der Waals surface area contributed by atoms with Crippen molar-refractivity contribution in [2.75, 3.05) is 13.1 Å². The number of rotatable bonds is 6. The molecule has 2 aromatic rings. The monoisotopic (exact) mass is 295 g/mol. The molecule has 0 heterocycles. The van der Waals surface area contributed by atoms with Crippen LogP contribution in [0.5, 0.6) is 0 Å². The Bertz CT molecular complexity index is 588. The van der Waals surface area contributed by atoms with E-state index in [1.54, 1.807) is 0 Å². The molecule has 3 N–H and O–H groups in total. The van der Waals surface area contributed by atoms with Crippen LogP contribution in [0.3, 0.4) is 0 Å². The molecule has 0 aliphatic carbocycles. The second-order valence-electron chi connectivity index (χ2n) is 5.70. The highest BCUT2D eigenvalue weighted by molar-refractivity contribution is 5.77. The number of hydrogen-bond donors (Lipinski definition) is 2. The molecule has 116 valence electrons. The molecular weight excluding hydrogens is 270 g/mol. The van der Waals surface area contributed by atoms with Gasteiger partial charge < -0.3 is 11.1 Å². The van der Waals surface area contributed by atoms with Gasteiger partial charge in [0.15, 0.2) is 5.96 Å². The van der Waals surface area contributed by atoms with E-state index in [2.05, 4.69) is 72.7 Å². The van der Waals surface area contributed by atoms with Crippen LogP contribution in [0.15, 0.2) is 59.6 Å². The maximum atomic E-state index is 5.93. The predicted molar refractivity (Wildman–Crippen MR) is 94.2 cm³/mol. The van der Waals surface area contributed by atoms with Crippen LogP contribution < -0.4 is 11.1 Å². The molecule has 0 fully saturated rings. The molecule has 0 aromatic heterocycles. The molecule has 0 spiro atoms. The fraction of sp³-hybridized carbons (Fsp3) is 0.316. The highest BCUT2D eigenvalue weighted by atomic mass is 15.1. The maximum absolute atomic E-state index is 5.93. The molecule has 0 amide bonds. The highest BCUT2D eigenvalue weighted by Gasteiger charge is 2.04.